The molecule has 51 heavy (non-hydrogen) atoms. The second-order valence-electron chi connectivity index (χ2n) is 13.6. The van der Waals surface area contributed by atoms with E-state index in [9.17, 15) is 18.6 Å². The molecule has 14 nitrogen and oxygen atoms in total. The van der Waals surface area contributed by atoms with Gasteiger partial charge in [0.1, 0.15) is 10.7 Å². The van der Waals surface area contributed by atoms with E-state index in [0.29, 0.717) is 35.2 Å². The highest BCUT2D eigenvalue weighted by Gasteiger charge is 2.40. The number of anilines is 4. The molecule has 2 unspecified atom stereocenters. The zero-order valence-corrected chi connectivity index (χ0v) is 29.6. The van der Waals surface area contributed by atoms with Crippen molar-refractivity contribution >= 4 is 51.4 Å². The van der Waals surface area contributed by atoms with Crippen LogP contribution in [-0.4, -0.2) is 83.7 Å². The van der Waals surface area contributed by atoms with Crippen LogP contribution in [0, 0.1) is 5.92 Å². The lowest BCUT2D eigenvalue weighted by Crippen LogP contribution is -2.52. The van der Waals surface area contributed by atoms with Crippen molar-refractivity contribution in [2.24, 2.45) is 5.92 Å². The van der Waals surface area contributed by atoms with Gasteiger partial charge in [-0.15, -0.1) is 10.2 Å². The number of amides is 3. The maximum absolute atomic E-state index is 13.3. The maximum atomic E-state index is 13.3. The monoisotopic (exact) mass is 708 g/mol. The predicted molar refractivity (Wildman–Crippen MR) is 192 cm³/mol. The summed E-state index contributed by atoms with van der Waals surface area (Å²) in [7, 11) is 0.818. The Hall–Kier alpha value is -5.18. The van der Waals surface area contributed by atoms with E-state index in [1.165, 1.54) is 0 Å². The number of fused-ring (bicyclic) bond motifs is 3. The lowest BCUT2D eigenvalue weighted by Gasteiger charge is -2.43. The number of hydrogen-bond donors (Lipinski definition) is 3. The van der Waals surface area contributed by atoms with Crippen molar-refractivity contribution in [2.45, 2.75) is 69.1 Å². The molecule has 1 aromatic carbocycles. The van der Waals surface area contributed by atoms with Crippen LogP contribution in [0.2, 0.25) is 0 Å². The molecular formula is C36H40N10O4S. The molecule has 4 aromatic rings. The summed E-state index contributed by atoms with van der Waals surface area (Å²) in [6.07, 6.45) is 6.29. The van der Waals surface area contributed by atoms with Gasteiger partial charge in [-0.25, -0.2) is 4.98 Å². The van der Waals surface area contributed by atoms with Gasteiger partial charge in [0.25, 0.3) is 11.8 Å². The molecule has 0 spiro atoms. The number of hydrogen-bond acceptors (Lipinski definition) is 10. The number of rotatable bonds is 11. The number of para-hydroxylation sites is 1. The minimum Gasteiger partial charge on any atom is -0.364 e. The lowest BCUT2D eigenvalue weighted by atomic mass is 9.91. The predicted octanol–water partition coefficient (Wildman–Crippen LogP) is 4.44. The van der Waals surface area contributed by atoms with Crippen LogP contribution in [-0.2, 0) is 15.6 Å². The van der Waals surface area contributed by atoms with Crippen molar-refractivity contribution in [1.82, 2.24) is 35.2 Å². The molecule has 2 aliphatic carbocycles. The number of aromatic nitrogens is 5. The van der Waals surface area contributed by atoms with E-state index in [1.807, 2.05) is 25.3 Å². The molecule has 264 valence electrons. The fourth-order valence-electron chi connectivity index (χ4n) is 6.91. The second kappa shape index (κ2) is 13.2. The van der Waals surface area contributed by atoms with Gasteiger partial charge in [0.15, 0.2) is 11.5 Å². The van der Waals surface area contributed by atoms with Gasteiger partial charge in [-0.05, 0) is 50.3 Å². The Morgan fingerprint density at radius 3 is 2.47 bits per heavy atom. The first-order valence-electron chi connectivity index (χ1n) is 17.6. The quantitative estimate of drug-likeness (QED) is 0.203. The second-order valence-corrected chi connectivity index (χ2v) is 15.3. The molecule has 0 radical (unpaired) electrons. The number of nitrogens with one attached hydrogen (secondary N) is 3. The van der Waals surface area contributed by atoms with Crippen molar-refractivity contribution in [2.75, 3.05) is 41.4 Å². The van der Waals surface area contributed by atoms with E-state index in [0.717, 1.165) is 60.3 Å². The lowest BCUT2D eigenvalue weighted by molar-refractivity contribution is -0.117. The van der Waals surface area contributed by atoms with E-state index in [1.54, 1.807) is 29.2 Å². The molecular weight excluding hydrogens is 669 g/mol. The fraction of sp³-hybridized carbons (Fsp3) is 0.417. The minimum absolute atomic E-state index is 0.00401. The first-order valence-corrected chi connectivity index (χ1v) is 18.9. The average molecular weight is 709 g/mol. The third-order valence-corrected chi connectivity index (χ3v) is 11.2. The topological polar surface area (TPSA) is 167 Å². The summed E-state index contributed by atoms with van der Waals surface area (Å²) in [5.74, 6) is 0.138. The molecule has 2 atom stereocenters. The third-order valence-electron chi connectivity index (χ3n) is 10.0. The normalized spacial score (nSPS) is 18.7. The number of pyridine rings is 1. The highest BCUT2D eigenvalue weighted by molar-refractivity contribution is 7.84. The fourth-order valence-corrected chi connectivity index (χ4v) is 7.64. The molecule has 3 fully saturated rings. The van der Waals surface area contributed by atoms with Gasteiger partial charge in [-0.2, -0.15) is 5.10 Å². The van der Waals surface area contributed by atoms with Crippen molar-refractivity contribution in [1.29, 1.82) is 0 Å². The number of nitrogens with zero attached hydrogens (tertiary/aromatic N) is 7. The number of carbonyl (C=O) groups is 3. The Balaban J connectivity index is 1.07. The standard InChI is InChI=1S/C36H40N10O4S/c1-4-28-33-24(17-37-46(33)22-18-45(19-22)36(49)26-10-7-11-30(40-26)51(50)5-2)23-8-6-9-25(32(23)44(28)3)39-27-16-29(41-34(47)20-12-13-20)42-43-31(27)35(48)38-21-14-15-21/h6-11,16-17,20-22,28H,4-5,12-15,18-19H2,1-3H3,(H,38,48)(H2,39,41,42,47). The van der Waals surface area contributed by atoms with Gasteiger partial charge in [0, 0.05) is 55.0 Å². The molecule has 2 aliphatic heterocycles. The molecule has 1 saturated heterocycles. The van der Waals surface area contributed by atoms with Crippen molar-refractivity contribution in [3.8, 4) is 11.1 Å². The Bertz CT molecular complexity index is 2070. The molecule has 0 bridgehead atoms. The Morgan fingerprint density at radius 2 is 1.75 bits per heavy atom. The Labute approximate surface area is 297 Å². The highest BCUT2D eigenvalue weighted by Crippen LogP contribution is 2.50. The smallest absolute Gasteiger partial charge is 0.274 e. The first kappa shape index (κ1) is 33.0. The summed E-state index contributed by atoms with van der Waals surface area (Å²) in [5, 5.41) is 23.1. The van der Waals surface area contributed by atoms with Crippen LogP contribution in [0.25, 0.3) is 11.1 Å². The van der Waals surface area contributed by atoms with Gasteiger partial charge in [0.2, 0.25) is 5.91 Å². The zero-order valence-electron chi connectivity index (χ0n) is 28.8. The molecule has 3 N–H and O–H groups in total. The SMILES string of the molecule is CCC1c2c(cnn2C2CN(C(=O)c3cccc(S(=O)CC)n3)C2)-c2cccc(Nc3cc(NC(=O)C4CC4)nnc3C(=O)NC3CC3)c2N1C. The van der Waals surface area contributed by atoms with E-state index in [-0.39, 0.29) is 53.3 Å². The van der Waals surface area contributed by atoms with Crippen LogP contribution in [0.3, 0.4) is 0 Å². The van der Waals surface area contributed by atoms with Crippen LogP contribution in [0.1, 0.15) is 84.7 Å². The molecule has 3 amide bonds. The van der Waals surface area contributed by atoms with Gasteiger partial charge >= 0.3 is 0 Å². The summed E-state index contributed by atoms with van der Waals surface area (Å²) >= 11 is 0. The van der Waals surface area contributed by atoms with E-state index in [4.69, 9.17) is 5.10 Å². The van der Waals surface area contributed by atoms with E-state index < -0.39 is 10.8 Å². The highest BCUT2D eigenvalue weighted by atomic mass is 32.2. The Morgan fingerprint density at radius 1 is 0.961 bits per heavy atom. The summed E-state index contributed by atoms with van der Waals surface area (Å²) in [5.41, 5.74) is 5.71. The molecule has 5 heterocycles. The largest absolute Gasteiger partial charge is 0.364 e. The average Bonchev–Trinajstić information content (AvgIpc) is 4.06. The van der Waals surface area contributed by atoms with Crippen LogP contribution in [0.4, 0.5) is 22.9 Å². The van der Waals surface area contributed by atoms with Gasteiger partial charge < -0.3 is 25.8 Å². The molecule has 3 aromatic heterocycles. The maximum Gasteiger partial charge on any atom is 0.274 e. The minimum atomic E-state index is -1.24. The first-order chi connectivity index (χ1) is 24.7. The van der Waals surface area contributed by atoms with Crippen molar-refractivity contribution < 1.29 is 18.6 Å². The Kier molecular flexibility index (Phi) is 8.52. The van der Waals surface area contributed by atoms with E-state index in [2.05, 4.69) is 60.8 Å². The van der Waals surface area contributed by atoms with Crippen LogP contribution in [0.5, 0.6) is 0 Å². The van der Waals surface area contributed by atoms with Crippen LogP contribution < -0.4 is 20.9 Å². The number of carbonyl (C=O) groups excluding carboxylic acids is 3. The van der Waals surface area contributed by atoms with Gasteiger partial charge in [-0.3, -0.25) is 23.3 Å². The van der Waals surface area contributed by atoms with E-state index >= 15 is 0 Å². The van der Waals surface area contributed by atoms with Gasteiger partial charge in [-0.1, -0.05) is 32.0 Å². The summed E-state index contributed by atoms with van der Waals surface area (Å²) in [6, 6.07) is 12.9. The molecule has 4 aliphatic rings. The van der Waals surface area contributed by atoms with Gasteiger partial charge in [0.05, 0.1) is 51.8 Å². The zero-order chi connectivity index (χ0) is 35.4. The number of likely N-dealkylation sites (tertiary alicyclic amines) is 1. The van der Waals surface area contributed by atoms with Crippen molar-refractivity contribution in [3.63, 3.8) is 0 Å². The van der Waals surface area contributed by atoms with Crippen LogP contribution >= 0.6 is 0 Å². The summed E-state index contributed by atoms with van der Waals surface area (Å²) in [4.78, 5) is 47.5. The summed E-state index contributed by atoms with van der Waals surface area (Å²) in [6.45, 7) is 4.95. The molecule has 2 saturated carbocycles. The molecule has 15 heteroatoms. The van der Waals surface area contributed by atoms with Crippen LogP contribution in [0.15, 0.2) is 53.7 Å². The summed E-state index contributed by atoms with van der Waals surface area (Å²) < 4.78 is 14.4. The third kappa shape index (κ3) is 6.23. The molecule has 8 rings (SSSR count). The van der Waals surface area contributed by atoms with Crippen molar-refractivity contribution in [3.05, 3.63) is 65.7 Å². The number of benzene rings is 1.